The van der Waals surface area contributed by atoms with Crippen LogP contribution >= 0.6 is 11.6 Å². The Morgan fingerprint density at radius 2 is 2.00 bits per heavy atom. The fourth-order valence-electron chi connectivity index (χ4n) is 1.74. The third-order valence-electron chi connectivity index (χ3n) is 2.87. The van der Waals surface area contributed by atoms with Crippen LogP contribution in [0.4, 0.5) is 11.5 Å². The predicted octanol–water partition coefficient (Wildman–Crippen LogP) is 2.55. The van der Waals surface area contributed by atoms with Gasteiger partial charge in [-0.25, -0.2) is 4.98 Å². The Kier molecular flexibility index (Phi) is 6.65. The number of hydrogen-bond donors (Lipinski definition) is 3. The van der Waals surface area contributed by atoms with Gasteiger partial charge >= 0.3 is 0 Å². The number of benzene rings is 1. The van der Waals surface area contributed by atoms with Crippen molar-refractivity contribution in [2.75, 3.05) is 30.4 Å². The zero-order valence-electron chi connectivity index (χ0n) is 12.5. The van der Waals surface area contributed by atoms with Gasteiger partial charge in [0.05, 0.1) is 11.9 Å². The first-order chi connectivity index (χ1) is 11.2. The van der Waals surface area contributed by atoms with E-state index in [0.717, 1.165) is 0 Å². The molecule has 1 aromatic heterocycles. The van der Waals surface area contributed by atoms with Gasteiger partial charge in [0.25, 0.3) is 5.91 Å². The van der Waals surface area contributed by atoms with Crippen LogP contribution in [0.15, 0.2) is 42.6 Å². The van der Waals surface area contributed by atoms with E-state index in [1.54, 1.807) is 42.6 Å². The molecule has 0 aliphatic heterocycles. The SMILES string of the molecule is O=C(COc1ccc(Cl)cc1)Nc1ccc(NCCCO)nc1. The number of aliphatic hydroxyl groups excluding tert-OH is 1. The van der Waals surface area contributed by atoms with Gasteiger partial charge in [-0.3, -0.25) is 4.79 Å². The van der Waals surface area contributed by atoms with Gasteiger partial charge in [-0.1, -0.05) is 11.6 Å². The van der Waals surface area contributed by atoms with Gasteiger partial charge in [-0.15, -0.1) is 0 Å². The third-order valence-corrected chi connectivity index (χ3v) is 3.12. The second-order valence-electron chi connectivity index (χ2n) is 4.73. The second-order valence-corrected chi connectivity index (χ2v) is 5.16. The summed E-state index contributed by atoms with van der Waals surface area (Å²) < 4.78 is 5.36. The molecule has 23 heavy (non-hydrogen) atoms. The molecule has 6 nitrogen and oxygen atoms in total. The van der Waals surface area contributed by atoms with Crippen molar-refractivity contribution in [3.8, 4) is 5.75 Å². The second kappa shape index (κ2) is 8.97. The van der Waals surface area contributed by atoms with Crippen LogP contribution < -0.4 is 15.4 Å². The molecule has 0 bridgehead atoms. The molecule has 0 aliphatic rings. The lowest BCUT2D eigenvalue weighted by Gasteiger charge is -2.08. The number of amides is 1. The summed E-state index contributed by atoms with van der Waals surface area (Å²) in [5.74, 6) is 0.989. The van der Waals surface area contributed by atoms with Crippen LogP contribution in [0.25, 0.3) is 0 Å². The Hall–Kier alpha value is -2.31. The molecule has 0 atom stereocenters. The highest BCUT2D eigenvalue weighted by atomic mass is 35.5. The summed E-state index contributed by atoms with van der Waals surface area (Å²) in [4.78, 5) is 16.0. The van der Waals surface area contributed by atoms with Gasteiger partial charge < -0.3 is 20.5 Å². The van der Waals surface area contributed by atoms with Crippen molar-refractivity contribution in [2.24, 2.45) is 0 Å². The van der Waals surface area contributed by atoms with Crippen molar-refractivity contribution in [1.29, 1.82) is 0 Å². The first-order valence-corrected chi connectivity index (χ1v) is 7.54. The van der Waals surface area contributed by atoms with Crippen molar-refractivity contribution in [2.45, 2.75) is 6.42 Å². The molecule has 0 radical (unpaired) electrons. The van der Waals surface area contributed by atoms with Crippen molar-refractivity contribution in [1.82, 2.24) is 4.98 Å². The Bertz CT molecular complexity index is 617. The van der Waals surface area contributed by atoms with E-state index >= 15 is 0 Å². The maximum absolute atomic E-state index is 11.8. The lowest BCUT2D eigenvalue weighted by Crippen LogP contribution is -2.20. The topological polar surface area (TPSA) is 83.5 Å². The smallest absolute Gasteiger partial charge is 0.262 e. The average Bonchev–Trinajstić information content (AvgIpc) is 2.56. The summed E-state index contributed by atoms with van der Waals surface area (Å²) in [6.07, 6.45) is 2.21. The molecule has 122 valence electrons. The fraction of sp³-hybridized carbons (Fsp3) is 0.250. The number of carbonyl (C=O) groups excluding carboxylic acids is 1. The van der Waals surface area contributed by atoms with Crippen LogP contribution in [0.5, 0.6) is 5.75 Å². The van der Waals surface area contributed by atoms with Crippen LogP contribution in [0.1, 0.15) is 6.42 Å². The molecule has 0 aliphatic carbocycles. The van der Waals surface area contributed by atoms with Crippen LogP contribution in [0.3, 0.4) is 0 Å². The van der Waals surface area contributed by atoms with E-state index in [-0.39, 0.29) is 19.1 Å². The Balaban J connectivity index is 1.77. The minimum absolute atomic E-state index is 0.0991. The van der Waals surface area contributed by atoms with Gasteiger partial charge in [-0.05, 0) is 42.8 Å². The van der Waals surface area contributed by atoms with E-state index in [1.165, 1.54) is 0 Å². The number of nitrogens with zero attached hydrogens (tertiary/aromatic N) is 1. The molecule has 2 aromatic rings. The zero-order chi connectivity index (χ0) is 16.5. The van der Waals surface area contributed by atoms with Crippen molar-refractivity contribution < 1.29 is 14.6 Å². The van der Waals surface area contributed by atoms with Gasteiger partial charge in [-0.2, -0.15) is 0 Å². The van der Waals surface area contributed by atoms with Crippen LogP contribution in [0.2, 0.25) is 5.02 Å². The highest BCUT2D eigenvalue weighted by Crippen LogP contribution is 2.15. The molecule has 1 amide bonds. The maximum Gasteiger partial charge on any atom is 0.262 e. The molecule has 0 spiro atoms. The number of carbonyl (C=O) groups is 1. The van der Waals surface area contributed by atoms with Crippen molar-refractivity contribution in [3.05, 3.63) is 47.6 Å². The number of anilines is 2. The summed E-state index contributed by atoms with van der Waals surface area (Å²) in [5, 5.41) is 15.1. The number of aromatic nitrogens is 1. The molecule has 0 saturated carbocycles. The molecule has 1 aromatic carbocycles. The quantitative estimate of drug-likeness (QED) is 0.646. The highest BCUT2D eigenvalue weighted by Gasteiger charge is 2.04. The van der Waals surface area contributed by atoms with Gasteiger partial charge in [0.1, 0.15) is 11.6 Å². The molecular formula is C16H18ClN3O3. The minimum atomic E-state index is -0.275. The zero-order valence-corrected chi connectivity index (χ0v) is 13.2. The standard InChI is InChI=1S/C16H18ClN3O3/c17-12-2-5-14(6-3-12)23-11-16(22)20-13-4-7-15(19-10-13)18-8-1-9-21/h2-7,10,21H,1,8-9,11H2,(H,18,19)(H,20,22). The minimum Gasteiger partial charge on any atom is -0.484 e. The van der Waals surface area contributed by atoms with E-state index in [9.17, 15) is 4.79 Å². The number of ether oxygens (including phenoxy) is 1. The van der Waals surface area contributed by atoms with E-state index in [1.807, 2.05) is 0 Å². The first-order valence-electron chi connectivity index (χ1n) is 7.16. The van der Waals surface area contributed by atoms with Crippen LogP contribution in [-0.4, -0.2) is 35.8 Å². The van der Waals surface area contributed by atoms with E-state index in [0.29, 0.717) is 35.2 Å². The van der Waals surface area contributed by atoms with Gasteiger partial charge in [0.15, 0.2) is 6.61 Å². The van der Waals surface area contributed by atoms with E-state index < -0.39 is 0 Å². The Labute approximate surface area is 139 Å². The number of rotatable bonds is 8. The number of pyridine rings is 1. The van der Waals surface area contributed by atoms with E-state index in [2.05, 4.69) is 15.6 Å². The molecule has 1 heterocycles. The largest absolute Gasteiger partial charge is 0.484 e. The molecule has 0 fully saturated rings. The van der Waals surface area contributed by atoms with Crippen LogP contribution in [0, 0.1) is 0 Å². The Morgan fingerprint density at radius 3 is 2.65 bits per heavy atom. The lowest BCUT2D eigenvalue weighted by atomic mass is 10.3. The monoisotopic (exact) mass is 335 g/mol. The van der Waals surface area contributed by atoms with Crippen molar-refractivity contribution in [3.63, 3.8) is 0 Å². The molecule has 0 unspecified atom stereocenters. The number of aliphatic hydroxyl groups is 1. The fourth-order valence-corrected chi connectivity index (χ4v) is 1.87. The predicted molar refractivity (Wildman–Crippen MR) is 90.0 cm³/mol. The molecule has 2 rings (SSSR count). The molecule has 3 N–H and O–H groups in total. The number of halogens is 1. The summed E-state index contributed by atoms with van der Waals surface area (Å²) in [7, 11) is 0. The lowest BCUT2D eigenvalue weighted by molar-refractivity contribution is -0.118. The summed E-state index contributed by atoms with van der Waals surface area (Å²) in [5.41, 5.74) is 0.586. The maximum atomic E-state index is 11.8. The number of nitrogens with one attached hydrogen (secondary N) is 2. The number of hydrogen-bond acceptors (Lipinski definition) is 5. The van der Waals surface area contributed by atoms with Gasteiger partial charge in [0, 0.05) is 18.2 Å². The van der Waals surface area contributed by atoms with Crippen LogP contribution in [-0.2, 0) is 4.79 Å². The van der Waals surface area contributed by atoms with Gasteiger partial charge in [0.2, 0.25) is 0 Å². The molecular weight excluding hydrogens is 318 g/mol. The molecule has 7 heteroatoms. The Morgan fingerprint density at radius 1 is 1.22 bits per heavy atom. The average molecular weight is 336 g/mol. The van der Waals surface area contributed by atoms with Crippen molar-refractivity contribution >= 4 is 29.0 Å². The normalized spacial score (nSPS) is 10.2. The molecule has 0 saturated heterocycles. The van der Waals surface area contributed by atoms with E-state index in [4.69, 9.17) is 21.4 Å². The first kappa shape index (κ1) is 17.1. The summed E-state index contributed by atoms with van der Waals surface area (Å²) >= 11 is 5.78. The highest BCUT2D eigenvalue weighted by molar-refractivity contribution is 6.30. The summed E-state index contributed by atoms with van der Waals surface area (Å²) in [6.45, 7) is 0.678. The summed E-state index contributed by atoms with van der Waals surface area (Å²) in [6, 6.07) is 10.3. The third kappa shape index (κ3) is 6.14.